The number of rotatable bonds is 4. The Morgan fingerprint density at radius 3 is 0.966 bits per heavy atom. The fourth-order valence-electron chi connectivity index (χ4n) is 4.34. The van der Waals surface area contributed by atoms with Crippen LogP contribution in [0, 0.1) is 0 Å². The molecule has 0 spiro atoms. The van der Waals surface area contributed by atoms with Crippen LogP contribution in [0.4, 0.5) is 49.4 Å². The quantitative estimate of drug-likeness (QED) is 0.0671. The number of hydrogen-bond donors (Lipinski definition) is 0. The summed E-state index contributed by atoms with van der Waals surface area (Å²) in [7, 11) is 11.7. The fraction of sp³-hybridized carbons (Fsp3) is 0.412. The van der Waals surface area contributed by atoms with Gasteiger partial charge in [-0.3, -0.25) is 0 Å². The summed E-state index contributed by atoms with van der Waals surface area (Å²) < 4.78 is 118. The van der Waals surface area contributed by atoms with E-state index in [1.54, 1.807) is 0 Å². The molecule has 4 aromatic rings. The Morgan fingerprint density at radius 1 is 0.508 bits per heavy atom. The third-order valence-electron chi connectivity index (χ3n) is 6.89. The van der Waals surface area contributed by atoms with Gasteiger partial charge < -0.3 is 38.5 Å². The summed E-state index contributed by atoms with van der Waals surface area (Å²) in [4.78, 5) is 31.0. The minimum absolute atomic E-state index is 0. The Balaban J connectivity index is 0.000000831. The molecule has 2 aromatic heterocycles. The summed E-state index contributed by atoms with van der Waals surface area (Å²) in [5, 5.41) is 2.19. The van der Waals surface area contributed by atoms with E-state index in [-0.39, 0.29) is 17.1 Å². The van der Waals surface area contributed by atoms with Gasteiger partial charge in [0.15, 0.2) is 20.2 Å². The number of nitrogens with zero attached hydrogens (tertiary/aromatic N) is 10. The van der Waals surface area contributed by atoms with Crippen molar-refractivity contribution in [2.75, 3.05) is 94.4 Å². The molecule has 2 heterocycles. The summed E-state index contributed by atoms with van der Waals surface area (Å²) >= 11 is 0. The molecule has 0 fully saturated rings. The number of halogens is 6. The first-order valence-electron chi connectivity index (χ1n) is 16.3. The zero-order chi connectivity index (χ0) is 45.1. The molecular formula is C34H46CuF6N10O6S2. The number of aromatic nitrogens is 2. The van der Waals surface area contributed by atoms with E-state index in [0.717, 1.165) is 56.7 Å². The van der Waals surface area contributed by atoms with Crippen LogP contribution >= 0.6 is 0 Å². The van der Waals surface area contributed by atoms with Crippen molar-refractivity contribution in [3.63, 3.8) is 0 Å². The van der Waals surface area contributed by atoms with Gasteiger partial charge in [0.1, 0.15) is 11.6 Å². The molecule has 1 radical (unpaired) electrons. The molecule has 0 unspecified atom stereocenters. The molecule has 2 aromatic carbocycles. The predicted molar refractivity (Wildman–Crippen MR) is 213 cm³/mol. The van der Waals surface area contributed by atoms with Crippen LogP contribution in [-0.2, 0) is 37.3 Å². The van der Waals surface area contributed by atoms with Crippen LogP contribution in [0.25, 0.3) is 21.8 Å². The van der Waals surface area contributed by atoms with Crippen molar-refractivity contribution >= 4 is 77.0 Å². The zero-order valence-corrected chi connectivity index (χ0v) is 36.7. The van der Waals surface area contributed by atoms with Crippen molar-refractivity contribution in [2.24, 2.45) is 9.98 Å². The second-order valence-electron chi connectivity index (χ2n) is 13.0. The van der Waals surface area contributed by atoms with Crippen molar-refractivity contribution in [1.82, 2.24) is 29.6 Å². The maximum atomic E-state index is 10.7. The molecule has 0 saturated carbocycles. The van der Waals surface area contributed by atoms with E-state index in [2.05, 4.69) is 24.3 Å². The number of para-hydroxylation sites is 2. The molecule has 25 heteroatoms. The molecule has 0 atom stereocenters. The second kappa shape index (κ2) is 22.1. The molecule has 0 amide bonds. The first-order valence-corrected chi connectivity index (χ1v) is 19.2. The second-order valence-corrected chi connectivity index (χ2v) is 15.8. The minimum atomic E-state index is -6.09. The summed E-state index contributed by atoms with van der Waals surface area (Å²) in [6.07, 6.45) is 0. The summed E-state index contributed by atoms with van der Waals surface area (Å²) in [5.41, 5.74) is -7.68. The molecule has 0 saturated heterocycles. The van der Waals surface area contributed by atoms with Gasteiger partial charge in [-0.1, -0.05) is 24.3 Å². The summed E-state index contributed by atoms with van der Waals surface area (Å²) in [6, 6.07) is 20.4. The van der Waals surface area contributed by atoms with Crippen molar-refractivity contribution in [3.8, 4) is 0 Å². The standard InChI is InChI=1S/2C16H23N5.2CHF3O3S.Cu/c2*1-19(2)14-11-10-12-8-7-9-13(15(12)18-14)17-16(20(3)4)21(5)6;2*2-1(3,4)8(5,6)7;/h2*7-11H,1-6H3;2*(H,5,6,7);/q;;;;+2/p-2. The Kier molecular flexibility index (Phi) is 20.3. The van der Waals surface area contributed by atoms with Crippen molar-refractivity contribution in [3.05, 3.63) is 60.7 Å². The van der Waals surface area contributed by atoms with Crippen LogP contribution in [0.5, 0.6) is 0 Å². The van der Waals surface area contributed by atoms with Crippen molar-refractivity contribution in [1.29, 1.82) is 0 Å². The van der Waals surface area contributed by atoms with Crippen molar-refractivity contribution in [2.45, 2.75) is 11.0 Å². The van der Waals surface area contributed by atoms with Crippen LogP contribution in [0.2, 0.25) is 0 Å². The maximum absolute atomic E-state index is 10.7. The molecule has 0 aliphatic carbocycles. The van der Waals surface area contributed by atoms with Gasteiger partial charge in [-0.2, -0.15) is 26.3 Å². The van der Waals surface area contributed by atoms with E-state index >= 15 is 0 Å². The Morgan fingerprint density at radius 2 is 0.763 bits per heavy atom. The van der Waals surface area contributed by atoms with E-state index in [9.17, 15) is 26.3 Å². The maximum Gasteiger partial charge on any atom is 2.00 e. The van der Waals surface area contributed by atoms with Gasteiger partial charge in [0.05, 0.1) is 22.4 Å². The number of anilines is 2. The smallest absolute Gasteiger partial charge is 0.741 e. The molecule has 333 valence electrons. The summed E-state index contributed by atoms with van der Waals surface area (Å²) in [6.45, 7) is 0. The van der Waals surface area contributed by atoms with E-state index < -0.39 is 31.3 Å². The molecular weight excluding hydrogens is 886 g/mol. The number of pyridine rings is 2. The van der Waals surface area contributed by atoms with Gasteiger partial charge in [0.2, 0.25) is 11.9 Å². The predicted octanol–water partition coefficient (Wildman–Crippen LogP) is 4.92. The topological polar surface area (TPSA) is 184 Å². The van der Waals surface area contributed by atoms with E-state index in [0.29, 0.717) is 0 Å². The van der Waals surface area contributed by atoms with Crippen LogP contribution in [0.1, 0.15) is 0 Å². The molecule has 0 aliphatic rings. The summed E-state index contributed by atoms with van der Waals surface area (Å²) in [5.74, 6) is 3.64. The Hall–Kier alpha value is -4.68. The monoisotopic (exact) mass is 931 g/mol. The van der Waals surface area contributed by atoms with Crippen LogP contribution in [0.15, 0.2) is 70.6 Å². The zero-order valence-electron chi connectivity index (χ0n) is 34.1. The number of benzene rings is 2. The third-order valence-corrected chi connectivity index (χ3v) is 8.03. The van der Waals surface area contributed by atoms with Gasteiger partial charge in [-0.15, -0.1) is 0 Å². The Labute approximate surface area is 350 Å². The SMILES string of the molecule is CN(C)C(=Nc1cccc2ccc(N(C)C)nc12)N(C)C.CN(C)C(=Nc1cccc2ccc(N(C)C)nc12)N(C)C.O=S(=O)([O-])C(F)(F)F.O=S(=O)([O-])C(F)(F)F.[Cu+2]. The normalized spacial score (nSPS) is 11.2. The van der Waals surface area contributed by atoms with Crippen LogP contribution in [0.3, 0.4) is 0 Å². The molecule has 16 nitrogen and oxygen atoms in total. The molecule has 4 rings (SSSR count). The molecule has 0 aliphatic heterocycles. The van der Waals surface area contributed by atoms with Gasteiger partial charge in [0.25, 0.3) is 0 Å². The molecule has 0 N–H and O–H groups in total. The van der Waals surface area contributed by atoms with Crippen LogP contribution < -0.4 is 9.80 Å². The average Bonchev–Trinajstić information content (AvgIpc) is 3.07. The fourth-order valence-corrected chi connectivity index (χ4v) is 4.34. The van der Waals surface area contributed by atoms with Gasteiger partial charge in [-0.05, 0) is 36.4 Å². The van der Waals surface area contributed by atoms with E-state index in [4.69, 9.17) is 45.9 Å². The van der Waals surface area contributed by atoms with E-state index in [1.165, 1.54) is 0 Å². The van der Waals surface area contributed by atoms with Gasteiger partial charge in [0, 0.05) is 95.3 Å². The number of fused-ring (bicyclic) bond motifs is 2. The van der Waals surface area contributed by atoms with Crippen LogP contribution in [-0.4, -0.2) is 163 Å². The number of alkyl halides is 6. The number of hydrogen-bond acceptors (Lipinski definition) is 12. The minimum Gasteiger partial charge on any atom is -0.741 e. The van der Waals surface area contributed by atoms with Gasteiger partial charge in [-0.25, -0.2) is 36.8 Å². The van der Waals surface area contributed by atoms with Crippen molar-refractivity contribution < 1.29 is 69.4 Å². The largest absolute Gasteiger partial charge is 2.00 e. The number of guanidine groups is 2. The first kappa shape index (κ1) is 54.3. The average molecular weight is 932 g/mol. The molecule has 0 bridgehead atoms. The van der Waals surface area contributed by atoms with E-state index in [1.807, 2.05) is 150 Å². The molecule has 59 heavy (non-hydrogen) atoms. The third kappa shape index (κ3) is 16.8. The first-order chi connectivity index (χ1) is 26.3. The van der Waals surface area contributed by atoms with Gasteiger partial charge >= 0.3 is 28.1 Å². The Bertz CT molecular complexity index is 2090. The number of aliphatic imine (C=N–C) groups is 2.